The van der Waals surface area contributed by atoms with Crippen molar-refractivity contribution in [3.63, 3.8) is 0 Å². The molecule has 1 aromatic heterocycles. The van der Waals surface area contributed by atoms with Crippen molar-refractivity contribution in [1.29, 1.82) is 0 Å². The van der Waals surface area contributed by atoms with Crippen molar-refractivity contribution in [3.05, 3.63) is 69.0 Å². The Morgan fingerprint density at radius 3 is 2.66 bits per heavy atom. The number of nitrogens with one attached hydrogen (secondary N) is 2. The van der Waals surface area contributed by atoms with E-state index in [1.165, 1.54) is 23.8 Å². The third-order valence-electron chi connectivity index (χ3n) is 5.47. The number of aliphatic carboxylic acids is 1. The minimum absolute atomic E-state index is 0.0592. The molecule has 0 aliphatic carbocycles. The molecular weight excluding hydrogens is 493 g/mol. The van der Waals surface area contributed by atoms with E-state index in [-0.39, 0.29) is 17.8 Å². The number of pyridine rings is 1. The molecule has 186 valence electrons. The summed E-state index contributed by atoms with van der Waals surface area (Å²) in [6.07, 6.45) is 3.19. The molecule has 0 radical (unpaired) electrons. The number of aliphatic hydroxyl groups excluding tert-OH is 1. The van der Waals surface area contributed by atoms with Gasteiger partial charge >= 0.3 is 5.97 Å². The van der Waals surface area contributed by atoms with Crippen molar-refractivity contribution in [3.8, 4) is 0 Å². The van der Waals surface area contributed by atoms with Crippen LogP contribution in [0.25, 0.3) is 0 Å². The van der Waals surface area contributed by atoms with Gasteiger partial charge in [0.25, 0.3) is 5.91 Å². The normalized spacial score (nSPS) is 14.6. The lowest BCUT2D eigenvalue weighted by molar-refractivity contribution is -0.137. The number of aryl methyl sites for hydroxylation is 1. The zero-order valence-corrected chi connectivity index (χ0v) is 20.4. The summed E-state index contributed by atoms with van der Waals surface area (Å²) in [5.41, 5.74) is 8.14. The molecule has 1 unspecified atom stereocenters. The first-order valence-electron chi connectivity index (χ1n) is 11.1. The standard InChI is InChI=1S/C24H27Cl2N5O4/c25-16-8-15(9-17(26)10-16)20(11-22(33)34)31-24(35)19(12-27)21(13-32)28-7-5-18-4-3-14-2-1-6-29-23(14)30-18/h3-4,8-10,12,20,32H,1-2,5-7,11,13,27H2,(H,29,30)(H,31,35)(H,33,34). The van der Waals surface area contributed by atoms with Gasteiger partial charge in [-0.2, -0.15) is 0 Å². The Kier molecular flexibility index (Phi) is 9.47. The first kappa shape index (κ1) is 26.5. The maximum Gasteiger partial charge on any atom is 0.305 e. The molecule has 11 heteroatoms. The third-order valence-corrected chi connectivity index (χ3v) is 5.90. The van der Waals surface area contributed by atoms with Crippen LogP contribution in [0.2, 0.25) is 10.0 Å². The van der Waals surface area contributed by atoms with Crippen molar-refractivity contribution in [2.75, 3.05) is 25.0 Å². The first-order valence-corrected chi connectivity index (χ1v) is 11.8. The van der Waals surface area contributed by atoms with E-state index in [1.54, 1.807) is 0 Å². The molecule has 1 amide bonds. The number of amides is 1. The Morgan fingerprint density at radius 1 is 1.26 bits per heavy atom. The average Bonchev–Trinajstić information content (AvgIpc) is 2.82. The molecule has 35 heavy (non-hydrogen) atoms. The van der Waals surface area contributed by atoms with Crippen LogP contribution in [-0.4, -0.2) is 52.5 Å². The fraction of sp³-hybridized carbons (Fsp3) is 0.333. The van der Waals surface area contributed by atoms with E-state index in [2.05, 4.69) is 20.6 Å². The van der Waals surface area contributed by atoms with Crippen LogP contribution >= 0.6 is 23.2 Å². The van der Waals surface area contributed by atoms with Gasteiger partial charge in [0.1, 0.15) is 5.82 Å². The summed E-state index contributed by atoms with van der Waals surface area (Å²) in [6, 6.07) is 7.60. The van der Waals surface area contributed by atoms with Crippen LogP contribution in [0.1, 0.15) is 35.7 Å². The summed E-state index contributed by atoms with van der Waals surface area (Å²) in [6.45, 7) is 0.636. The molecule has 9 nitrogen and oxygen atoms in total. The number of fused-ring (bicyclic) bond motifs is 1. The van der Waals surface area contributed by atoms with Gasteiger partial charge < -0.3 is 26.6 Å². The number of nitrogens with zero attached hydrogens (tertiary/aromatic N) is 2. The number of carboxylic acid groups (broad SMARTS) is 1. The van der Waals surface area contributed by atoms with Gasteiger partial charge in [0.15, 0.2) is 0 Å². The Hall–Kier alpha value is -3.14. The Balaban J connectivity index is 1.72. The van der Waals surface area contributed by atoms with E-state index in [9.17, 15) is 19.8 Å². The van der Waals surface area contributed by atoms with Crippen LogP contribution in [0.4, 0.5) is 5.82 Å². The minimum Gasteiger partial charge on any atom is -0.481 e. The summed E-state index contributed by atoms with van der Waals surface area (Å²) in [5, 5.41) is 25.7. The number of halogens is 2. The van der Waals surface area contributed by atoms with Crippen molar-refractivity contribution in [1.82, 2.24) is 10.3 Å². The number of nitrogens with two attached hydrogens (primary N) is 1. The first-order chi connectivity index (χ1) is 16.8. The number of carbonyl (C=O) groups excluding carboxylic acids is 1. The van der Waals surface area contributed by atoms with Crippen LogP contribution in [0.15, 0.2) is 47.1 Å². The topological polar surface area (TPSA) is 150 Å². The summed E-state index contributed by atoms with van der Waals surface area (Å²) in [5.74, 6) is -0.931. The summed E-state index contributed by atoms with van der Waals surface area (Å²) in [7, 11) is 0. The average molecular weight is 520 g/mol. The highest BCUT2D eigenvalue weighted by molar-refractivity contribution is 6.34. The smallest absolute Gasteiger partial charge is 0.305 e. The number of hydrogen-bond acceptors (Lipinski definition) is 7. The van der Waals surface area contributed by atoms with E-state index < -0.39 is 30.9 Å². The highest BCUT2D eigenvalue weighted by Gasteiger charge is 2.23. The molecule has 2 heterocycles. The maximum absolute atomic E-state index is 13.0. The molecule has 2 aromatic rings. The van der Waals surface area contributed by atoms with E-state index in [4.69, 9.17) is 28.9 Å². The molecule has 0 spiro atoms. The summed E-state index contributed by atoms with van der Waals surface area (Å²) >= 11 is 12.1. The SMILES string of the molecule is NC=C(C(=O)NC(CC(=O)O)c1cc(Cl)cc(Cl)c1)C(CO)=NCCc1ccc2c(n1)NCCC2. The largest absolute Gasteiger partial charge is 0.481 e. The number of aliphatic hydroxyl groups is 1. The number of carbonyl (C=O) groups is 2. The number of rotatable bonds is 10. The summed E-state index contributed by atoms with van der Waals surface area (Å²) < 4.78 is 0. The van der Waals surface area contributed by atoms with Gasteiger partial charge in [-0.15, -0.1) is 0 Å². The second kappa shape index (κ2) is 12.5. The van der Waals surface area contributed by atoms with E-state index in [1.807, 2.05) is 12.1 Å². The van der Waals surface area contributed by atoms with Gasteiger partial charge in [-0.05, 0) is 48.2 Å². The van der Waals surface area contributed by atoms with E-state index >= 15 is 0 Å². The number of benzene rings is 1. The molecule has 1 aliphatic heterocycles. The van der Waals surface area contributed by atoms with Crippen LogP contribution in [-0.2, 0) is 22.4 Å². The molecule has 0 saturated carbocycles. The number of aromatic nitrogens is 1. The van der Waals surface area contributed by atoms with Gasteiger partial charge in [-0.3, -0.25) is 14.6 Å². The molecule has 6 N–H and O–H groups in total. The molecule has 0 bridgehead atoms. The molecular formula is C24H27Cl2N5O4. The predicted octanol–water partition coefficient (Wildman–Crippen LogP) is 2.90. The third kappa shape index (κ3) is 7.42. The fourth-order valence-corrected chi connectivity index (χ4v) is 4.32. The van der Waals surface area contributed by atoms with Crippen molar-refractivity contribution < 1.29 is 19.8 Å². The summed E-state index contributed by atoms with van der Waals surface area (Å²) in [4.78, 5) is 33.3. The van der Waals surface area contributed by atoms with Gasteiger partial charge in [0, 0.05) is 41.4 Å². The quantitative estimate of drug-likeness (QED) is 0.239. The Morgan fingerprint density at radius 2 is 2.00 bits per heavy atom. The lowest BCUT2D eigenvalue weighted by Crippen LogP contribution is -2.34. The lowest BCUT2D eigenvalue weighted by atomic mass is 10.0. The second-order valence-corrected chi connectivity index (χ2v) is 8.86. The van der Waals surface area contributed by atoms with Crippen LogP contribution in [0.5, 0.6) is 0 Å². The fourth-order valence-electron chi connectivity index (χ4n) is 3.78. The van der Waals surface area contributed by atoms with Crippen LogP contribution in [0.3, 0.4) is 0 Å². The van der Waals surface area contributed by atoms with Gasteiger partial charge in [0.05, 0.1) is 30.4 Å². The van der Waals surface area contributed by atoms with E-state index in [0.717, 1.165) is 37.1 Å². The zero-order valence-electron chi connectivity index (χ0n) is 18.9. The number of anilines is 1. The van der Waals surface area contributed by atoms with Gasteiger partial charge in [-0.1, -0.05) is 29.3 Å². The molecule has 0 fully saturated rings. The zero-order chi connectivity index (χ0) is 25.4. The highest BCUT2D eigenvalue weighted by Crippen LogP contribution is 2.26. The number of carboxylic acids is 1. The van der Waals surface area contributed by atoms with Crippen molar-refractivity contribution >= 4 is 46.6 Å². The molecule has 0 saturated heterocycles. The van der Waals surface area contributed by atoms with Gasteiger partial charge in [0.2, 0.25) is 0 Å². The second-order valence-electron chi connectivity index (χ2n) is 7.98. The Labute approximate surface area is 213 Å². The highest BCUT2D eigenvalue weighted by atomic mass is 35.5. The van der Waals surface area contributed by atoms with Crippen LogP contribution < -0.4 is 16.4 Å². The number of aliphatic imine (C=N–C) groups is 1. The van der Waals surface area contributed by atoms with Crippen molar-refractivity contribution in [2.24, 2.45) is 10.7 Å². The molecule has 1 atom stereocenters. The maximum atomic E-state index is 13.0. The van der Waals surface area contributed by atoms with Crippen molar-refractivity contribution in [2.45, 2.75) is 31.7 Å². The molecule has 3 rings (SSSR count). The monoisotopic (exact) mass is 519 g/mol. The predicted molar refractivity (Wildman–Crippen MR) is 136 cm³/mol. The number of hydrogen-bond donors (Lipinski definition) is 5. The minimum atomic E-state index is -1.13. The van der Waals surface area contributed by atoms with E-state index in [0.29, 0.717) is 22.0 Å². The molecule has 1 aliphatic rings. The molecule has 1 aromatic carbocycles. The van der Waals surface area contributed by atoms with Gasteiger partial charge in [-0.25, -0.2) is 4.98 Å². The Bertz CT molecular complexity index is 1130. The van der Waals surface area contributed by atoms with Crippen LogP contribution in [0, 0.1) is 0 Å². The lowest BCUT2D eigenvalue weighted by Gasteiger charge is -2.19.